The molecule has 0 aliphatic heterocycles. The van der Waals surface area contributed by atoms with Gasteiger partial charge in [0.1, 0.15) is 0 Å². The average Bonchev–Trinajstić information content (AvgIpc) is 2.39. The zero-order chi connectivity index (χ0) is 13.0. The van der Waals surface area contributed by atoms with Crippen LogP contribution in [0.4, 0.5) is 0 Å². The van der Waals surface area contributed by atoms with Crippen molar-refractivity contribution in [2.75, 3.05) is 6.54 Å². The van der Waals surface area contributed by atoms with Crippen LogP contribution in [0.1, 0.15) is 17.0 Å². The molecule has 0 amide bonds. The highest BCUT2D eigenvalue weighted by Gasteiger charge is 2.14. The second-order valence-corrected chi connectivity index (χ2v) is 5.96. The summed E-state index contributed by atoms with van der Waals surface area (Å²) in [4.78, 5) is 0. The van der Waals surface area contributed by atoms with E-state index >= 15 is 0 Å². The summed E-state index contributed by atoms with van der Waals surface area (Å²) in [6.45, 7) is 0.643. The van der Waals surface area contributed by atoms with E-state index in [1.807, 2.05) is 12.1 Å². The van der Waals surface area contributed by atoms with Gasteiger partial charge in [0.2, 0.25) is 0 Å². The van der Waals surface area contributed by atoms with Gasteiger partial charge in [0.15, 0.2) is 0 Å². The number of rotatable bonds is 4. The van der Waals surface area contributed by atoms with Crippen LogP contribution in [0, 0.1) is 0 Å². The maximum absolute atomic E-state index is 5.94. The fourth-order valence-electron chi connectivity index (χ4n) is 2.06. The number of nitrogens with two attached hydrogens (primary N) is 1. The molecule has 0 bridgehead atoms. The van der Waals surface area contributed by atoms with Gasteiger partial charge >= 0.3 is 0 Å². The van der Waals surface area contributed by atoms with Gasteiger partial charge in [-0.25, -0.2) is 0 Å². The van der Waals surface area contributed by atoms with Gasteiger partial charge in [0, 0.05) is 14.9 Å². The molecule has 0 fully saturated rings. The summed E-state index contributed by atoms with van der Waals surface area (Å²) in [5.74, 6) is 0.333. The monoisotopic (exact) mass is 367 g/mol. The minimum atomic E-state index is 0.333. The predicted molar refractivity (Wildman–Crippen MR) is 83.8 cm³/mol. The summed E-state index contributed by atoms with van der Waals surface area (Å²) in [6.07, 6.45) is 0.945. The van der Waals surface area contributed by atoms with E-state index in [4.69, 9.17) is 5.73 Å². The van der Waals surface area contributed by atoms with Crippen LogP contribution in [0.3, 0.4) is 0 Å². The van der Waals surface area contributed by atoms with Crippen LogP contribution >= 0.6 is 31.9 Å². The number of hydrogen-bond donors (Lipinski definition) is 1. The Balaban J connectivity index is 2.26. The Morgan fingerprint density at radius 1 is 0.889 bits per heavy atom. The van der Waals surface area contributed by atoms with E-state index in [9.17, 15) is 0 Å². The lowest BCUT2D eigenvalue weighted by Crippen LogP contribution is -2.15. The van der Waals surface area contributed by atoms with Crippen LogP contribution in [0.25, 0.3) is 0 Å². The van der Waals surface area contributed by atoms with Crippen LogP contribution in [-0.2, 0) is 6.42 Å². The van der Waals surface area contributed by atoms with Gasteiger partial charge in [0.25, 0.3) is 0 Å². The Hall–Kier alpha value is -0.640. The molecule has 0 saturated heterocycles. The van der Waals surface area contributed by atoms with E-state index in [1.165, 1.54) is 11.1 Å². The van der Waals surface area contributed by atoms with Gasteiger partial charge in [-0.3, -0.25) is 0 Å². The number of hydrogen-bond acceptors (Lipinski definition) is 1. The van der Waals surface area contributed by atoms with Crippen molar-refractivity contribution in [3.8, 4) is 0 Å². The SMILES string of the molecule is NCC(Cc1ccccc1Br)c1ccccc1Br. The van der Waals surface area contributed by atoms with Gasteiger partial charge in [-0.15, -0.1) is 0 Å². The minimum absolute atomic E-state index is 0.333. The Morgan fingerprint density at radius 2 is 1.50 bits per heavy atom. The van der Waals surface area contributed by atoms with Crippen molar-refractivity contribution in [1.29, 1.82) is 0 Å². The van der Waals surface area contributed by atoms with Gasteiger partial charge < -0.3 is 5.73 Å². The molecule has 0 heterocycles. The number of halogens is 2. The van der Waals surface area contributed by atoms with Crippen LogP contribution in [0.5, 0.6) is 0 Å². The lowest BCUT2D eigenvalue weighted by atomic mass is 9.92. The molecule has 2 rings (SSSR count). The number of benzene rings is 2. The van der Waals surface area contributed by atoms with Gasteiger partial charge in [-0.05, 0) is 36.2 Å². The zero-order valence-electron chi connectivity index (χ0n) is 9.94. The van der Waals surface area contributed by atoms with Crippen LogP contribution in [0.2, 0.25) is 0 Å². The summed E-state index contributed by atoms with van der Waals surface area (Å²) in [5.41, 5.74) is 8.50. The second kappa shape index (κ2) is 6.50. The molecule has 94 valence electrons. The van der Waals surface area contributed by atoms with Crippen LogP contribution in [-0.4, -0.2) is 6.54 Å². The van der Waals surface area contributed by atoms with E-state index in [0.717, 1.165) is 15.4 Å². The van der Waals surface area contributed by atoms with Gasteiger partial charge in [-0.1, -0.05) is 68.3 Å². The van der Waals surface area contributed by atoms with Crippen molar-refractivity contribution in [2.45, 2.75) is 12.3 Å². The van der Waals surface area contributed by atoms with Crippen molar-refractivity contribution < 1.29 is 0 Å². The first-order valence-electron chi connectivity index (χ1n) is 5.90. The molecule has 2 aromatic rings. The van der Waals surface area contributed by atoms with Crippen molar-refractivity contribution in [3.63, 3.8) is 0 Å². The smallest absolute Gasteiger partial charge is 0.0210 e. The maximum atomic E-state index is 5.94. The standard InChI is InChI=1S/C15H15Br2N/c16-14-7-3-1-5-11(14)9-12(10-18)13-6-2-4-8-15(13)17/h1-8,12H,9-10,18H2. The van der Waals surface area contributed by atoms with Gasteiger partial charge in [0.05, 0.1) is 0 Å². The third-order valence-corrected chi connectivity index (χ3v) is 4.55. The highest BCUT2D eigenvalue weighted by atomic mass is 79.9. The quantitative estimate of drug-likeness (QED) is 0.844. The molecule has 0 aliphatic rings. The van der Waals surface area contributed by atoms with E-state index < -0.39 is 0 Å². The largest absolute Gasteiger partial charge is 0.330 e. The van der Waals surface area contributed by atoms with Crippen molar-refractivity contribution in [1.82, 2.24) is 0 Å². The molecule has 0 radical (unpaired) electrons. The molecular weight excluding hydrogens is 354 g/mol. The molecule has 2 N–H and O–H groups in total. The lowest BCUT2D eigenvalue weighted by molar-refractivity contribution is 0.690. The fraction of sp³-hybridized carbons (Fsp3) is 0.200. The molecular formula is C15H15Br2N. The van der Waals surface area contributed by atoms with Crippen LogP contribution < -0.4 is 5.73 Å². The van der Waals surface area contributed by atoms with Crippen LogP contribution in [0.15, 0.2) is 57.5 Å². The molecule has 0 spiro atoms. The Labute approximate surface area is 125 Å². The second-order valence-electron chi connectivity index (χ2n) is 4.25. The lowest BCUT2D eigenvalue weighted by Gasteiger charge is -2.17. The summed E-state index contributed by atoms with van der Waals surface area (Å²) in [7, 11) is 0. The Bertz CT molecular complexity index is 525. The molecule has 0 aliphatic carbocycles. The molecule has 1 nitrogen and oxygen atoms in total. The summed E-state index contributed by atoms with van der Waals surface area (Å²) in [5, 5.41) is 0. The third-order valence-electron chi connectivity index (χ3n) is 3.05. The summed E-state index contributed by atoms with van der Waals surface area (Å²) >= 11 is 7.19. The van der Waals surface area contributed by atoms with E-state index in [1.54, 1.807) is 0 Å². The molecule has 1 unspecified atom stereocenters. The average molecular weight is 369 g/mol. The van der Waals surface area contributed by atoms with Crippen molar-refractivity contribution in [2.24, 2.45) is 5.73 Å². The Morgan fingerprint density at radius 3 is 2.11 bits per heavy atom. The van der Waals surface area contributed by atoms with Crippen molar-refractivity contribution >= 4 is 31.9 Å². The van der Waals surface area contributed by atoms with E-state index in [2.05, 4.69) is 68.3 Å². The molecule has 0 saturated carbocycles. The summed E-state index contributed by atoms with van der Waals surface area (Å²) < 4.78 is 2.28. The van der Waals surface area contributed by atoms with E-state index in [0.29, 0.717) is 12.5 Å². The topological polar surface area (TPSA) is 26.0 Å². The maximum Gasteiger partial charge on any atom is 0.0210 e. The molecule has 0 aromatic heterocycles. The normalized spacial score (nSPS) is 12.4. The van der Waals surface area contributed by atoms with Gasteiger partial charge in [-0.2, -0.15) is 0 Å². The predicted octanol–water partition coefficient (Wildman–Crippen LogP) is 4.50. The summed E-state index contributed by atoms with van der Waals surface area (Å²) in [6, 6.07) is 16.6. The molecule has 3 heteroatoms. The molecule has 18 heavy (non-hydrogen) atoms. The first-order valence-corrected chi connectivity index (χ1v) is 7.49. The van der Waals surface area contributed by atoms with E-state index in [-0.39, 0.29) is 0 Å². The zero-order valence-corrected chi connectivity index (χ0v) is 13.1. The highest BCUT2D eigenvalue weighted by Crippen LogP contribution is 2.29. The highest BCUT2D eigenvalue weighted by molar-refractivity contribution is 9.10. The first-order chi connectivity index (χ1) is 8.72. The molecule has 2 aromatic carbocycles. The third kappa shape index (κ3) is 3.22. The fourth-order valence-corrected chi connectivity index (χ4v) is 3.11. The first kappa shape index (κ1) is 13.8. The molecule has 1 atom stereocenters. The van der Waals surface area contributed by atoms with Crippen molar-refractivity contribution in [3.05, 3.63) is 68.6 Å². The minimum Gasteiger partial charge on any atom is -0.330 e. The Kier molecular flexibility index (Phi) is 4.98.